The third-order valence-corrected chi connectivity index (χ3v) is 7.33. The maximum atomic E-state index is 13.1. The van der Waals surface area contributed by atoms with Gasteiger partial charge in [-0.05, 0) is 36.8 Å². The van der Waals surface area contributed by atoms with Crippen LogP contribution in [0, 0.1) is 0 Å². The summed E-state index contributed by atoms with van der Waals surface area (Å²) in [6, 6.07) is 10.3. The van der Waals surface area contributed by atoms with Crippen LogP contribution < -0.4 is 14.4 Å². The maximum absolute atomic E-state index is 13.1. The Bertz CT molecular complexity index is 1210. The number of urea groups is 1. The van der Waals surface area contributed by atoms with Crippen LogP contribution in [0.4, 0.5) is 33.7 Å². The zero-order chi connectivity index (χ0) is 26.9. The van der Waals surface area contributed by atoms with Gasteiger partial charge in [0.25, 0.3) is 5.91 Å². The largest absolute Gasteiger partial charge is 0.431 e. The number of carbonyl (C=O) groups excluding carboxylic acids is 2. The molecule has 13 heteroatoms. The summed E-state index contributed by atoms with van der Waals surface area (Å²) >= 11 is 1.49. The van der Waals surface area contributed by atoms with E-state index >= 15 is 0 Å². The average Bonchev–Trinajstić information content (AvgIpc) is 3.43. The van der Waals surface area contributed by atoms with Crippen LogP contribution in [0.15, 0.2) is 47.5 Å². The number of hydrogen-bond acceptors (Lipinski definition) is 7. The first-order valence-electron chi connectivity index (χ1n) is 11.1. The van der Waals surface area contributed by atoms with Crippen LogP contribution in [-0.2, 0) is 10.3 Å². The van der Waals surface area contributed by atoms with Gasteiger partial charge in [-0.25, -0.2) is 4.79 Å². The highest BCUT2D eigenvalue weighted by atomic mass is 32.2. The van der Waals surface area contributed by atoms with Gasteiger partial charge in [0.1, 0.15) is 5.54 Å². The minimum atomic E-state index is -3.26. The molecule has 0 aliphatic carbocycles. The van der Waals surface area contributed by atoms with E-state index in [1.165, 1.54) is 42.9 Å². The number of rotatable bonds is 9. The molecule has 0 bridgehead atoms. The Kier molecular flexibility index (Phi) is 7.53. The molecule has 0 N–H and O–H groups in total. The van der Waals surface area contributed by atoms with Crippen LogP contribution in [0.5, 0.6) is 11.5 Å². The molecule has 1 fully saturated rings. The van der Waals surface area contributed by atoms with E-state index in [1.54, 1.807) is 41.6 Å². The number of thioether (sulfide) groups is 1. The molecule has 0 saturated carbocycles. The Morgan fingerprint density at radius 3 is 2.32 bits per heavy atom. The Balaban J connectivity index is 1.77. The van der Waals surface area contributed by atoms with Gasteiger partial charge in [-0.1, -0.05) is 12.1 Å². The number of aliphatic imine (C=N–C) groups is 1. The van der Waals surface area contributed by atoms with Gasteiger partial charge in [-0.3, -0.25) is 14.7 Å². The fourth-order valence-electron chi connectivity index (χ4n) is 4.31. The van der Waals surface area contributed by atoms with Crippen molar-refractivity contribution in [3.63, 3.8) is 0 Å². The first-order valence-corrected chi connectivity index (χ1v) is 12.1. The van der Waals surface area contributed by atoms with Gasteiger partial charge in [0, 0.05) is 43.3 Å². The van der Waals surface area contributed by atoms with Crippen molar-refractivity contribution in [2.45, 2.75) is 30.9 Å². The first-order chi connectivity index (χ1) is 17.5. The van der Waals surface area contributed by atoms with Crippen LogP contribution in [0.1, 0.15) is 12.5 Å². The smallest absolute Gasteiger partial charge is 0.387 e. The molecule has 3 amide bonds. The van der Waals surface area contributed by atoms with Crippen LogP contribution in [0.25, 0.3) is 0 Å². The monoisotopic (exact) mass is 540 g/mol. The lowest BCUT2D eigenvalue weighted by molar-refractivity contribution is -0.131. The Hall–Kier alpha value is -3.48. The van der Waals surface area contributed by atoms with E-state index in [0.717, 1.165) is 11.0 Å². The molecule has 8 nitrogen and oxygen atoms in total. The number of alkyl halides is 4. The molecule has 2 atom stereocenters. The van der Waals surface area contributed by atoms with Crippen molar-refractivity contribution in [3.8, 4) is 11.5 Å². The summed E-state index contributed by atoms with van der Waals surface area (Å²) in [6.07, 6.45) is 0. The molecule has 2 heterocycles. The van der Waals surface area contributed by atoms with Gasteiger partial charge in [0.15, 0.2) is 11.5 Å². The number of hydrogen-bond donors (Lipinski definition) is 0. The minimum absolute atomic E-state index is 0.0131. The molecule has 4 rings (SSSR count). The first kappa shape index (κ1) is 26.6. The highest BCUT2D eigenvalue weighted by molar-refractivity contribution is 8.12. The number of anilines is 2. The van der Waals surface area contributed by atoms with Crippen LogP contribution in [-0.4, -0.2) is 72.9 Å². The molecule has 198 valence electrons. The van der Waals surface area contributed by atoms with Crippen LogP contribution >= 0.6 is 11.8 Å². The second kappa shape index (κ2) is 10.5. The fraction of sp³-hybridized carbons (Fsp3) is 0.375. The Morgan fingerprint density at radius 1 is 1.05 bits per heavy atom. The zero-order valence-electron chi connectivity index (χ0n) is 20.1. The van der Waals surface area contributed by atoms with Gasteiger partial charge in [-0.2, -0.15) is 17.6 Å². The lowest BCUT2D eigenvalue weighted by Gasteiger charge is -2.32. The van der Waals surface area contributed by atoms with Gasteiger partial charge < -0.3 is 19.3 Å². The second-order valence-electron chi connectivity index (χ2n) is 8.56. The van der Waals surface area contributed by atoms with E-state index in [1.807, 2.05) is 0 Å². The molecule has 2 unspecified atom stereocenters. The lowest BCUT2D eigenvalue weighted by atomic mass is 9.90. The van der Waals surface area contributed by atoms with Gasteiger partial charge in [0.2, 0.25) is 0 Å². The average molecular weight is 541 g/mol. The molecule has 2 aromatic carbocycles. The lowest BCUT2D eigenvalue weighted by Crippen LogP contribution is -2.42. The van der Waals surface area contributed by atoms with Crippen molar-refractivity contribution in [1.82, 2.24) is 9.80 Å². The quantitative estimate of drug-likeness (QED) is 0.333. The standard InChI is InChI=1S/C24H24F4N4O4S/c1-24(20(33)30(2)23(34)31(24)3)14-5-4-6-15(9-14)32(12-17-11-29-13-37-17)16-7-8-18(35-21(25)26)19(10-16)36-22(27)28/h4-10,13,17,21-22H,11-12H2,1-3H3. The highest BCUT2D eigenvalue weighted by Gasteiger charge is 2.52. The van der Waals surface area contributed by atoms with Crippen molar-refractivity contribution in [2.24, 2.45) is 4.99 Å². The molecule has 0 spiro atoms. The zero-order valence-corrected chi connectivity index (χ0v) is 20.9. The van der Waals surface area contributed by atoms with Gasteiger partial charge in [-0.15, -0.1) is 11.8 Å². The number of halogens is 4. The van der Waals surface area contributed by atoms with Crippen molar-refractivity contribution in [2.75, 3.05) is 32.1 Å². The van der Waals surface area contributed by atoms with E-state index in [0.29, 0.717) is 30.0 Å². The molecule has 2 aromatic rings. The van der Waals surface area contributed by atoms with Gasteiger partial charge >= 0.3 is 19.3 Å². The Labute approximate surface area is 214 Å². The number of amides is 3. The summed E-state index contributed by atoms with van der Waals surface area (Å²) in [5, 5.41) is 0.0131. The summed E-state index contributed by atoms with van der Waals surface area (Å²) in [6.45, 7) is -3.95. The summed E-state index contributed by atoms with van der Waals surface area (Å²) in [5.74, 6) is -1.47. The molecular formula is C24H24F4N4O4S. The normalized spacial score (nSPS) is 21.5. The summed E-state index contributed by atoms with van der Waals surface area (Å²) < 4.78 is 60.6. The Morgan fingerprint density at radius 2 is 1.73 bits per heavy atom. The molecule has 37 heavy (non-hydrogen) atoms. The van der Waals surface area contributed by atoms with Crippen molar-refractivity contribution >= 4 is 40.6 Å². The summed E-state index contributed by atoms with van der Waals surface area (Å²) in [4.78, 5) is 33.9. The van der Waals surface area contributed by atoms with E-state index in [9.17, 15) is 27.2 Å². The number of ether oxygens (including phenoxy) is 2. The molecule has 2 aliphatic rings. The number of imide groups is 1. The molecule has 1 saturated heterocycles. The highest BCUT2D eigenvalue weighted by Crippen LogP contribution is 2.40. The topological polar surface area (TPSA) is 74.7 Å². The number of nitrogens with zero attached hydrogens (tertiary/aromatic N) is 4. The molecule has 0 aromatic heterocycles. The second-order valence-corrected chi connectivity index (χ2v) is 9.71. The SMILES string of the molecule is CN1C(=O)N(C)C(C)(c2cccc(N(CC3CN=CS3)c3ccc(OC(F)F)c(OC(F)F)c3)c2)C1=O. The third-order valence-electron chi connectivity index (χ3n) is 6.38. The van der Waals surface area contributed by atoms with Crippen molar-refractivity contribution < 1.29 is 36.6 Å². The van der Waals surface area contributed by atoms with Crippen LogP contribution in [0.3, 0.4) is 0 Å². The van der Waals surface area contributed by atoms with E-state index in [2.05, 4.69) is 14.5 Å². The van der Waals surface area contributed by atoms with E-state index < -0.39 is 42.2 Å². The summed E-state index contributed by atoms with van der Waals surface area (Å²) in [7, 11) is 2.95. The number of benzene rings is 2. The number of carbonyl (C=O) groups is 2. The minimum Gasteiger partial charge on any atom is -0.431 e. The van der Waals surface area contributed by atoms with E-state index in [4.69, 9.17) is 0 Å². The predicted molar refractivity (Wildman–Crippen MR) is 131 cm³/mol. The summed E-state index contributed by atoms with van der Waals surface area (Å²) in [5.41, 5.74) is 1.94. The maximum Gasteiger partial charge on any atom is 0.387 e. The number of likely N-dealkylation sites (N-methyl/N-ethyl adjacent to an activating group) is 2. The molecule has 0 radical (unpaired) electrons. The predicted octanol–water partition coefficient (Wildman–Crippen LogP) is 4.91. The van der Waals surface area contributed by atoms with Crippen molar-refractivity contribution in [3.05, 3.63) is 48.0 Å². The van der Waals surface area contributed by atoms with Gasteiger partial charge in [0.05, 0.1) is 12.1 Å². The molecular weight excluding hydrogens is 516 g/mol. The van der Waals surface area contributed by atoms with E-state index in [-0.39, 0.29) is 5.25 Å². The van der Waals surface area contributed by atoms with Crippen LogP contribution in [0.2, 0.25) is 0 Å². The molecule has 2 aliphatic heterocycles. The third kappa shape index (κ3) is 5.17. The van der Waals surface area contributed by atoms with Crippen molar-refractivity contribution in [1.29, 1.82) is 0 Å². The fourth-order valence-corrected chi connectivity index (χ4v) is 5.06.